The highest BCUT2D eigenvalue weighted by molar-refractivity contribution is 7.91. The summed E-state index contributed by atoms with van der Waals surface area (Å²) in [6, 6.07) is 7.59. The van der Waals surface area contributed by atoms with E-state index in [4.69, 9.17) is 11.6 Å². The molecule has 6 nitrogen and oxygen atoms in total. The Balaban J connectivity index is 1.66. The van der Waals surface area contributed by atoms with E-state index in [2.05, 4.69) is 15.3 Å². The lowest BCUT2D eigenvalue weighted by atomic mass is 10.1. The third-order valence-electron chi connectivity index (χ3n) is 3.96. The van der Waals surface area contributed by atoms with Crippen LogP contribution in [0.15, 0.2) is 24.3 Å². The number of hydrogen-bond acceptors (Lipinski definition) is 6. The first-order valence-electron chi connectivity index (χ1n) is 7.17. The third kappa shape index (κ3) is 2.86. The molecular formula is C14H13ClN4O2S2. The molecule has 3 heterocycles. The number of nitrogens with zero attached hydrogens (tertiary/aromatic N) is 4. The Kier molecular flexibility index (Phi) is 3.62. The second-order valence-electron chi connectivity index (χ2n) is 5.62. The zero-order chi connectivity index (χ0) is 16.0. The molecule has 1 atom stereocenters. The minimum Gasteiger partial charge on any atom is -0.229 e. The molecular weight excluding hydrogens is 356 g/mol. The molecule has 0 spiro atoms. The van der Waals surface area contributed by atoms with Gasteiger partial charge >= 0.3 is 0 Å². The van der Waals surface area contributed by atoms with Crippen molar-refractivity contribution in [3.63, 3.8) is 0 Å². The van der Waals surface area contributed by atoms with E-state index < -0.39 is 9.84 Å². The summed E-state index contributed by atoms with van der Waals surface area (Å²) in [5.74, 6) is 1.10. The Labute approximate surface area is 142 Å². The highest BCUT2D eigenvalue weighted by Crippen LogP contribution is 2.32. The summed E-state index contributed by atoms with van der Waals surface area (Å²) in [6.45, 7) is 0. The maximum atomic E-state index is 11.6. The molecule has 9 heteroatoms. The largest absolute Gasteiger partial charge is 0.234 e. The molecule has 4 rings (SSSR count). The van der Waals surface area contributed by atoms with Crippen molar-refractivity contribution in [1.29, 1.82) is 0 Å². The molecule has 1 aliphatic rings. The van der Waals surface area contributed by atoms with Crippen LogP contribution < -0.4 is 0 Å². The molecule has 0 amide bonds. The van der Waals surface area contributed by atoms with Crippen LogP contribution in [-0.2, 0) is 16.3 Å². The van der Waals surface area contributed by atoms with Crippen molar-refractivity contribution < 1.29 is 8.42 Å². The van der Waals surface area contributed by atoms with Crippen molar-refractivity contribution in [3.8, 4) is 0 Å². The maximum absolute atomic E-state index is 11.6. The van der Waals surface area contributed by atoms with Crippen molar-refractivity contribution in [2.45, 2.75) is 18.8 Å². The Morgan fingerprint density at radius 2 is 2.13 bits per heavy atom. The van der Waals surface area contributed by atoms with E-state index in [1.165, 1.54) is 11.3 Å². The average Bonchev–Trinajstić information content (AvgIpc) is 3.16. The second-order valence-corrected chi connectivity index (χ2v) is 9.24. The number of sulfone groups is 1. The molecule has 3 aromatic rings. The molecule has 2 aromatic heterocycles. The number of fused-ring (bicyclic) bond motifs is 1. The zero-order valence-corrected chi connectivity index (χ0v) is 14.4. The van der Waals surface area contributed by atoms with Crippen LogP contribution in [0.5, 0.6) is 0 Å². The van der Waals surface area contributed by atoms with Crippen molar-refractivity contribution in [3.05, 3.63) is 45.7 Å². The minimum atomic E-state index is -2.92. The molecule has 0 radical (unpaired) electrons. The summed E-state index contributed by atoms with van der Waals surface area (Å²) in [7, 11) is -2.92. The van der Waals surface area contributed by atoms with Gasteiger partial charge in [-0.1, -0.05) is 41.1 Å². The van der Waals surface area contributed by atoms with Crippen LogP contribution in [-0.4, -0.2) is 39.7 Å². The van der Waals surface area contributed by atoms with Gasteiger partial charge in [-0.3, -0.25) is 0 Å². The predicted molar refractivity (Wildman–Crippen MR) is 88.9 cm³/mol. The molecule has 0 bridgehead atoms. The lowest BCUT2D eigenvalue weighted by molar-refractivity contribution is 0.601. The van der Waals surface area contributed by atoms with Crippen LogP contribution in [0.25, 0.3) is 4.96 Å². The van der Waals surface area contributed by atoms with E-state index in [0.717, 1.165) is 10.6 Å². The van der Waals surface area contributed by atoms with Gasteiger partial charge < -0.3 is 0 Å². The molecule has 1 aliphatic heterocycles. The van der Waals surface area contributed by atoms with Gasteiger partial charge in [0, 0.05) is 17.4 Å². The van der Waals surface area contributed by atoms with Gasteiger partial charge in [-0.2, -0.15) is 9.61 Å². The molecule has 0 aliphatic carbocycles. The standard InChI is InChI=1S/C14H13ClN4O2S2/c15-11-4-2-1-3-9(11)7-12-16-17-14-19(12)18-13(22-14)10-5-6-23(20,21)8-10/h1-4,10H,5-8H2. The van der Waals surface area contributed by atoms with E-state index in [1.807, 2.05) is 24.3 Å². The van der Waals surface area contributed by atoms with Crippen LogP contribution in [0.2, 0.25) is 5.02 Å². The lowest BCUT2D eigenvalue weighted by Gasteiger charge is -2.02. The Morgan fingerprint density at radius 1 is 1.30 bits per heavy atom. The Hall–Kier alpha value is -1.51. The summed E-state index contributed by atoms with van der Waals surface area (Å²) < 4.78 is 25.0. The van der Waals surface area contributed by atoms with Gasteiger partial charge in [0.05, 0.1) is 11.5 Å². The van der Waals surface area contributed by atoms with Crippen molar-refractivity contribution in [1.82, 2.24) is 19.8 Å². The highest BCUT2D eigenvalue weighted by atomic mass is 35.5. The van der Waals surface area contributed by atoms with Crippen LogP contribution in [0, 0.1) is 0 Å². The fourth-order valence-corrected chi connectivity index (χ4v) is 5.80. The molecule has 0 N–H and O–H groups in total. The molecule has 1 aromatic carbocycles. The van der Waals surface area contributed by atoms with Gasteiger partial charge in [-0.05, 0) is 18.1 Å². The highest BCUT2D eigenvalue weighted by Gasteiger charge is 2.32. The lowest BCUT2D eigenvalue weighted by Crippen LogP contribution is -2.05. The van der Waals surface area contributed by atoms with Gasteiger partial charge in [0.25, 0.3) is 0 Å². The Bertz CT molecular complexity index is 980. The van der Waals surface area contributed by atoms with Gasteiger partial charge in [0.2, 0.25) is 4.96 Å². The average molecular weight is 369 g/mol. The maximum Gasteiger partial charge on any atom is 0.234 e. The second kappa shape index (κ2) is 5.54. The molecule has 0 saturated carbocycles. The molecule has 1 saturated heterocycles. The topological polar surface area (TPSA) is 77.2 Å². The summed E-state index contributed by atoms with van der Waals surface area (Å²) in [6.07, 6.45) is 1.17. The summed E-state index contributed by atoms with van der Waals surface area (Å²) >= 11 is 7.60. The fourth-order valence-electron chi connectivity index (χ4n) is 2.75. The van der Waals surface area contributed by atoms with Gasteiger partial charge in [0.15, 0.2) is 15.7 Å². The normalized spacial score (nSPS) is 20.3. The fraction of sp³-hybridized carbons (Fsp3) is 0.357. The van der Waals surface area contributed by atoms with E-state index in [0.29, 0.717) is 28.6 Å². The van der Waals surface area contributed by atoms with Crippen LogP contribution in [0.4, 0.5) is 0 Å². The molecule has 1 unspecified atom stereocenters. The van der Waals surface area contributed by atoms with E-state index in [1.54, 1.807) is 4.52 Å². The first kappa shape index (κ1) is 15.0. The Morgan fingerprint density at radius 3 is 2.87 bits per heavy atom. The van der Waals surface area contributed by atoms with Crippen LogP contribution in [0.3, 0.4) is 0 Å². The van der Waals surface area contributed by atoms with Gasteiger partial charge in [-0.15, -0.1) is 10.2 Å². The molecule has 23 heavy (non-hydrogen) atoms. The number of aromatic nitrogens is 4. The zero-order valence-electron chi connectivity index (χ0n) is 12.0. The number of hydrogen-bond donors (Lipinski definition) is 0. The van der Waals surface area contributed by atoms with Crippen LogP contribution >= 0.6 is 22.9 Å². The van der Waals surface area contributed by atoms with Gasteiger partial charge in [0.1, 0.15) is 5.01 Å². The van der Waals surface area contributed by atoms with Crippen molar-refractivity contribution in [2.75, 3.05) is 11.5 Å². The van der Waals surface area contributed by atoms with E-state index in [-0.39, 0.29) is 17.4 Å². The first-order chi connectivity index (χ1) is 11.0. The first-order valence-corrected chi connectivity index (χ1v) is 10.2. The number of rotatable bonds is 3. The predicted octanol–water partition coefficient (Wildman–Crippen LogP) is 2.33. The van der Waals surface area contributed by atoms with E-state index >= 15 is 0 Å². The quantitative estimate of drug-likeness (QED) is 0.709. The summed E-state index contributed by atoms with van der Waals surface area (Å²) in [4.78, 5) is 0.686. The van der Waals surface area contributed by atoms with Gasteiger partial charge in [-0.25, -0.2) is 8.42 Å². The third-order valence-corrected chi connectivity index (χ3v) is 7.16. The number of benzene rings is 1. The molecule has 120 valence electrons. The number of halogens is 1. The molecule has 1 fully saturated rings. The SMILES string of the molecule is O=S1(=O)CCC(c2nn3c(Cc4ccccc4Cl)nnc3s2)C1. The smallest absolute Gasteiger partial charge is 0.229 e. The summed E-state index contributed by atoms with van der Waals surface area (Å²) in [5, 5.41) is 14.4. The van der Waals surface area contributed by atoms with E-state index in [9.17, 15) is 8.42 Å². The van der Waals surface area contributed by atoms with Crippen molar-refractivity contribution in [2.24, 2.45) is 0 Å². The van der Waals surface area contributed by atoms with Crippen LogP contribution in [0.1, 0.15) is 28.7 Å². The monoisotopic (exact) mass is 368 g/mol. The van der Waals surface area contributed by atoms with Crippen molar-refractivity contribution >= 4 is 37.7 Å². The summed E-state index contributed by atoms with van der Waals surface area (Å²) in [5.41, 5.74) is 0.960. The minimum absolute atomic E-state index is 0.0279.